The van der Waals surface area contributed by atoms with Gasteiger partial charge in [0.1, 0.15) is 0 Å². The van der Waals surface area contributed by atoms with Crippen LogP contribution in [0.2, 0.25) is 0 Å². The average Bonchev–Trinajstić information content (AvgIpc) is 2.32. The molecular formula is C8H17NO2S. The Morgan fingerprint density at radius 3 is 2.83 bits per heavy atom. The van der Waals surface area contributed by atoms with Crippen molar-refractivity contribution in [2.24, 2.45) is 0 Å². The molecule has 0 spiro atoms. The van der Waals surface area contributed by atoms with Gasteiger partial charge in [0.05, 0.1) is 5.25 Å². The topological polar surface area (TPSA) is 46.2 Å². The lowest BCUT2D eigenvalue weighted by Gasteiger charge is -2.13. The number of hydrogen-bond acceptors (Lipinski definition) is 3. The zero-order chi connectivity index (χ0) is 9.03. The van der Waals surface area contributed by atoms with Crippen LogP contribution in [0, 0.1) is 0 Å². The van der Waals surface area contributed by atoms with Gasteiger partial charge < -0.3 is 5.32 Å². The van der Waals surface area contributed by atoms with Crippen LogP contribution in [0.15, 0.2) is 0 Å². The molecule has 1 rings (SSSR count). The van der Waals surface area contributed by atoms with E-state index in [0.717, 1.165) is 25.8 Å². The molecule has 1 fully saturated rings. The van der Waals surface area contributed by atoms with Crippen LogP contribution < -0.4 is 5.32 Å². The van der Waals surface area contributed by atoms with E-state index in [1.165, 1.54) is 0 Å². The van der Waals surface area contributed by atoms with E-state index in [1.807, 2.05) is 0 Å². The van der Waals surface area contributed by atoms with Gasteiger partial charge in [-0.05, 0) is 19.4 Å². The first-order valence-corrected chi connectivity index (χ1v) is 6.30. The van der Waals surface area contributed by atoms with Crippen LogP contribution in [0.25, 0.3) is 0 Å². The smallest absolute Gasteiger partial charge is 0.154 e. The van der Waals surface area contributed by atoms with E-state index >= 15 is 0 Å². The van der Waals surface area contributed by atoms with E-state index in [1.54, 1.807) is 6.92 Å². The molecule has 4 heteroatoms. The van der Waals surface area contributed by atoms with Crippen molar-refractivity contribution < 1.29 is 8.42 Å². The molecule has 1 atom stereocenters. The Labute approximate surface area is 74.5 Å². The summed E-state index contributed by atoms with van der Waals surface area (Å²) in [6.07, 6.45) is 2.98. The summed E-state index contributed by atoms with van der Waals surface area (Å²) in [6, 6.07) is 0. The van der Waals surface area contributed by atoms with Crippen molar-refractivity contribution in [1.29, 1.82) is 0 Å². The summed E-state index contributed by atoms with van der Waals surface area (Å²) in [5.74, 6) is 0.277. The Morgan fingerprint density at radius 2 is 2.17 bits per heavy atom. The highest BCUT2D eigenvalue weighted by molar-refractivity contribution is 7.92. The van der Waals surface area contributed by atoms with E-state index in [2.05, 4.69) is 5.32 Å². The average molecular weight is 191 g/mol. The zero-order valence-corrected chi connectivity index (χ0v) is 8.36. The second kappa shape index (κ2) is 4.23. The largest absolute Gasteiger partial charge is 0.315 e. The summed E-state index contributed by atoms with van der Waals surface area (Å²) in [7, 11) is -2.81. The van der Waals surface area contributed by atoms with Gasteiger partial charge in [0.25, 0.3) is 0 Å². The maximum atomic E-state index is 11.5. The number of hydrogen-bond donors (Lipinski definition) is 1. The Balaban J connectivity index is 2.60. The molecule has 1 heterocycles. The quantitative estimate of drug-likeness (QED) is 0.694. The molecule has 0 saturated carbocycles. The Bertz CT molecular complexity index is 215. The van der Waals surface area contributed by atoms with Crippen molar-refractivity contribution in [1.82, 2.24) is 5.32 Å². The molecule has 1 unspecified atom stereocenters. The van der Waals surface area contributed by atoms with Gasteiger partial charge >= 0.3 is 0 Å². The van der Waals surface area contributed by atoms with Gasteiger partial charge in [0.2, 0.25) is 0 Å². The fraction of sp³-hybridized carbons (Fsp3) is 1.00. The fourth-order valence-electron chi connectivity index (χ4n) is 1.53. The van der Waals surface area contributed by atoms with Crippen LogP contribution in [-0.4, -0.2) is 32.5 Å². The molecule has 0 aromatic heterocycles. The maximum Gasteiger partial charge on any atom is 0.154 e. The van der Waals surface area contributed by atoms with Crippen LogP contribution >= 0.6 is 0 Å². The second-order valence-corrected chi connectivity index (χ2v) is 5.84. The van der Waals surface area contributed by atoms with Crippen molar-refractivity contribution in [3.05, 3.63) is 0 Å². The van der Waals surface area contributed by atoms with Crippen LogP contribution in [0.3, 0.4) is 0 Å². The first-order valence-electron chi connectivity index (χ1n) is 4.59. The first-order chi connectivity index (χ1) is 5.67. The lowest BCUT2D eigenvalue weighted by Crippen LogP contribution is -2.32. The van der Waals surface area contributed by atoms with Crippen LogP contribution in [-0.2, 0) is 9.84 Å². The minimum atomic E-state index is -2.81. The predicted octanol–water partition coefficient (Wildman–Crippen LogP) is 0.563. The molecule has 0 aromatic rings. The summed E-state index contributed by atoms with van der Waals surface area (Å²) < 4.78 is 22.9. The lowest BCUT2D eigenvalue weighted by atomic mass is 10.2. The fourth-order valence-corrected chi connectivity index (χ4v) is 2.90. The molecule has 0 amide bonds. The Morgan fingerprint density at radius 1 is 1.42 bits per heavy atom. The summed E-state index contributed by atoms with van der Waals surface area (Å²) in [5.41, 5.74) is 0. The molecule has 1 aliphatic heterocycles. The third kappa shape index (κ3) is 2.45. The van der Waals surface area contributed by atoms with E-state index in [4.69, 9.17) is 0 Å². The normalized spacial score (nSPS) is 26.6. The van der Waals surface area contributed by atoms with Crippen molar-refractivity contribution in [2.45, 2.75) is 31.4 Å². The molecule has 0 radical (unpaired) electrons. The molecule has 3 nitrogen and oxygen atoms in total. The highest BCUT2D eigenvalue weighted by Crippen LogP contribution is 2.12. The summed E-state index contributed by atoms with van der Waals surface area (Å²) >= 11 is 0. The minimum Gasteiger partial charge on any atom is -0.315 e. The molecule has 1 aliphatic rings. The second-order valence-electron chi connectivity index (χ2n) is 3.27. The van der Waals surface area contributed by atoms with Gasteiger partial charge in [-0.1, -0.05) is 13.3 Å². The molecule has 1 N–H and O–H groups in total. The third-order valence-electron chi connectivity index (χ3n) is 2.41. The van der Waals surface area contributed by atoms with Crippen molar-refractivity contribution in [3.8, 4) is 0 Å². The first kappa shape index (κ1) is 9.99. The molecule has 72 valence electrons. The summed E-state index contributed by atoms with van der Waals surface area (Å²) in [4.78, 5) is 0. The minimum absolute atomic E-state index is 0.134. The monoisotopic (exact) mass is 191 g/mol. The highest BCUT2D eigenvalue weighted by Gasteiger charge is 2.23. The van der Waals surface area contributed by atoms with E-state index < -0.39 is 9.84 Å². The predicted molar refractivity (Wildman–Crippen MR) is 50.0 cm³/mol. The van der Waals surface area contributed by atoms with Crippen molar-refractivity contribution >= 4 is 9.84 Å². The number of nitrogens with one attached hydrogen (secondary N) is 1. The molecule has 1 saturated heterocycles. The molecule has 12 heavy (non-hydrogen) atoms. The van der Waals surface area contributed by atoms with Gasteiger partial charge in [0.15, 0.2) is 9.84 Å². The molecule has 0 aliphatic carbocycles. The lowest BCUT2D eigenvalue weighted by molar-refractivity contribution is 0.568. The van der Waals surface area contributed by atoms with Crippen LogP contribution in [0.5, 0.6) is 0 Å². The van der Waals surface area contributed by atoms with E-state index in [9.17, 15) is 8.42 Å². The van der Waals surface area contributed by atoms with Crippen LogP contribution in [0.1, 0.15) is 26.2 Å². The number of sulfone groups is 1. The third-order valence-corrected chi connectivity index (χ3v) is 4.63. The number of rotatable bonds is 2. The van der Waals surface area contributed by atoms with E-state index in [-0.39, 0.29) is 11.0 Å². The Kier molecular flexibility index (Phi) is 3.53. The summed E-state index contributed by atoms with van der Waals surface area (Å²) in [5, 5.41) is 3.02. The van der Waals surface area contributed by atoms with E-state index in [0.29, 0.717) is 6.54 Å². The molecule has 0 aromatic carbocycles. The molecular weight excluding hydrogens is 174 g/mol. The van der Waals surface area contributed by atoms with Gasteiger partial charge in [0, 0.05) is 12.3 Å². The van der Waals surface area contributed by atoms with Gasteiger partial charge in [-0.15, -0.1) is 0 Å². The van der Waals surface area contributed by atoms with Gasteiger partial charge in [-0.2, -0.15) is 0 Å². The highest BCUT2D eigenvalue weighted by atomic mass is 32.2. The van der Waals surface area contributed by atoms with Crippen LogP contribution in [0.4, 0.5) is 0 Å². The molecule has 0 bridgehead atoms. The Hall–Kier alpha value is -0.0900. The van der Waals surface area contributed by atoms with Crippen molar-refractivity contribution in [3.63, 3.8) is 0 Å². The standard InChI is InChI=1S/C8H17NO2S/c1-2-12(10,11)8-5-3-4-6-9-7-8/h8-9H,2-7H2,1H3. The summed E-state index contributed by atoms with van der Waals surface area (Å²) in [6.45, 7) is 3.34. The zero-order valence-electron chi connectivity index (χ0n) is 7.54. The SMILES string of the molecule is CCS(=O)(=O)C1CCCCNC1. The maximum absolute atomic E-state index is 11.5. The van der Waals surface area contributed by atoms with Gasteiger partial charge in [-0.3, -0.25) is 0 Å². The van der Waals surface area contributed by atoms with Gasteiger partial charge in [-0.25, -0.2) is 8.42 Å². The van der Waals surface area contributed by atoms with Crippen molar-refractivity contribution in [2.75, 3.05) is 18.8 Å².